The van der Waals surface area contributed by atoms with Crippen molar-refractivity contribution in [2.24, 2.45) is 0 Å². The highest BCUT2D eigenvalue weighted by Gasteiger charge is 2.39. The molecule has 4 heterocycles. The van der Waals surface area contributed by atoms with Gasteiger partial charge in [0.05, 0.1) is 28.0 Å². The van der Waals surface area contributed by atoms with Crippen molar-refractivity contribution < 1.29 is 27.8 Å². The van der Waals surface area contributed by atoms with Gasteiger partial charge in [-0.3, -0.25) is 4.79 Å². The molecule has 0 bridgehead atoms. The number of aromatic hydroxyl groups is 1. The second-order valence-corrected chi connectivity index (χ2v) is 12.1. The second-order valence-electron chi connectivity index (χ2n) is 12.1. The molecule has 244 valence electrons. The van der Waals surface area contributed by atoms with Gasteiger partial charge in [-0.1, -0.05) is 12.6 Å². The number of ether oxygens (including phenoxy) is 1. The van der Waals surface area contributed by atoms with Gasteiger partial charge in [0.15, 0.2) is 5.65 Å². The number of carbonyl (C=O) groups excluding carboxylic acids is 1. The highest BCUT2D eigenvalue weighted by atomic mass is 19.3. The van der Waals surface area contributed by atoms with E-state index in [2.05, 4.69) is 26.3 Å². The summed E-state index contributed by atoms with van der Waals surface area (Å²) in [5.41, 5.74) is 6.03. The quantitative estimate of drug-likeness (QED) is 0.210. The third kappa shape index (κ3) is 5.48. The molecule has 3 N–H and O–H groups in total. The summed E-state index contributed by atoms with van der Waals surface area (Å²) < 4.78 is 47.7. The minimum atomic E-state index is -3.15. The molecule has 1 saturated heterocycles. The Hall–Kier alpha value is -5.21. The average molecular weight is 649 g/mol. The average Bonchev–Trinajstić information content (AvgIpc) is 3.95. The van der Waals surface area contributed by atoms with Crippen LogP contribution >= 0.6 is 0 Å². The van der Waals surface area contributed by atoms with Crippen LogP contribution in [0.4, 0.5) is 24.7 Å². The van der Waals surface area contributed by atoms with Crippen LogP contribution in [0.15, 0.2) is 41.7 Å². The van der Waals surface area contributed by atoms with E-state index in [0.717, 1.165) is 0 Å². The Kier molecular flexibility index (Phi) is 7.48. The molecule has 1 aliphatic heterocycles. The molecule has 3 aromatic heterocycles. The minimum absolute atomic E-state index is 0.0149. The van der Waals surface area contributed by atoms with Crippen molar-refractivity contribution in [1.29, 1.82) is 0 Å². The van der Waals surface area contributed by atoms with Crippen LogP contribution in [0, 0.1) is 5.82 Å². The maximum atomic E-state index is 15.2. The van der Waals surface area contributed by atoms with Crippen molar-refractivity contribution >= 4 is 28.4 Å². The number of nitrogens with zero attached hydrogens (tertiary/aromatic N) is 7. The number of nitrogen functional groups attached to an aromatic ring is 1. The van der Waals surface area contributed by atoms with Crippen LogP contribution < -0.4 is 21.1 Å². The maximum Gasteiger partial charge on any atom is 0.389 e. The van der Waals surface area contributed by atoms with Gasteiger partial charge in [0, 0.05) is 43.2 Å². The third-order valence-electron chi connectivity index (χ3n) is 8.76. The van der Waals surface area contributed by atoms with Crippen molar-refractivity contribution in [2.45, 2.75) is 57.1 Å². The summed E-state index contributed by atoms with van der Waals surface area (Å²) in [5.74, 6) is -1.47. The predicted molar refractivity (Wildman–Crippen MR) is 166 cm³/mol. The van der Waals surface area contributed by atoms with Gasteiger partial charge >= 0.3 is 18.3 Å². The molecule has 3 aliphatic rings. The monoisotopic (exact) mass is 648 g/mol. The summed E-state index contributed by atoms with van der Waals surface area (Å²) in [5, 5.41) is 11.6. The molecule has 1 amide bonds. The number of nitrogens with two attached hydrogens (primary N) is 1. The molecule has 12 nitrogen and oxygen atoms in total. The van der Waals surface area contributed by atoms with Crippen LogP contribution in [0.1, 0.15) is 55.8 Å². The van der Waals surface area contributed by atoms with E-state index < -0.39 is 29.9 Å². The van der Waals surface area contributed by atoms with E-state index in [1.807, 2.05) is 11.8 Å². The lowest BCUT2D eigenvalue weighted by Gasteiger charge is -2.40. The summed E-state index contributed by atoms with van der Waals surface area (Å²) in [6.07, 6.45) is 4.06. The standard InChI is InChI=1S/C32H31F3N8O4/c1-3-22(45)41-11-12-42(15(2)14-41)28-18-13-21(44)26(23-19(33)5-4-6-20(23)36)37-29(18)43(32(46)40-28)27-24(16-7-8-16)38-31(47-30(34)35)39-25(27)17-9-10-17/h3-6,13,15-17,30,44H,1,7-12,14,36H2,2H3/t15-/m0/s1. The molecular weight excluding hydrogens is 617 g/mol. The Bertz CT molecular complexity index is 1940. The number of hydrogen-bond donors (Lipinski definition) is 2. The molecule has 2 saturated carbocycles. The van der Waals surface area contributed by atoms with Crippen LogP contribution in [0.3, 0.4) is 0 Å². The number of aromatic nitrogens is 5. The van der Waals surface area contributed by atoms with E-state index in [4.69, 9.17) is 10.7 Å². The SMILES string of the molecule is C=CC(=O)N1CCN(c2nc(=O)n(-c3c(C4CC4)nc(OC(F)F)nc3C3CC3)c3nc(-c4c(N)cccc4F)c(O)cc23)[C@@H](C)C1. The van der Waals surface area contributed by atoms with Crippen LogP contribution in [-0.4, -0.2) is 72.7 Å². The summed E-state index contributed by atoms with van der Waals surface area (Å²) in [4.78, 5) is 48.0. The fourth-order valence-corrected chi connectivity index (χ4v) is 6.23. The van der Waals surface area contributed by atoms with Gasteiger partial charge in [0.2, 0.25) is 5.91 Å². The third-order valence-corrected chi connectivity index (χ3v) is 8.76. The number of piperazine rings is 1. The van der Waals surface area contributed by atoms with E-state index in [0.29, 0.717) is 56.7 Å². The zero-order valence-corrected chi connectivity index (χ0v) is 25.4. The molecule has 7 rings (SSSR count). The Morgan fingerprint density at radius 2 is 1.79 bits per heavy atom. The van der Waals surface area contributed by atoms with Crippen LogP contribution in [0.25, 0.3) is 28.0 Å². The van der Waals surface area contributed by atoms with Gasteiger partial charge in [-0.05, 0) is 56.9 Å². The number of halogens is 3. The van der Waals surface area contributed by atoms with Crippen molar-refractivity contribution in [3.8, 4) is 28.7 Å². The first-order valence-electron chi connectivity index (χ1n) is 15.3. The van der Waals surface area contributed by atoms with Crippen molar-refractivity contribution in [2.75, 3.05) is 30.3 Å². The van der Waals surface area contributed by atoms with Gasteiger partial charge in [-0.25, -0.2) is 18.7 Å². The first-order chi connectivity index (χ1) is 22.5. The molecule has 47 heavy (non-hydrogen) atoms. The number of amides is 1. The van der Waals surface area contributed by atoms with Gasteiger partial charge in [-0.2, -0.15) is 23.7 Å². The molecule has 0 radical (unpaired) electrons. The molecule has 4 aromatic rings. The largest absolute Gasteiger partial charge is 0.506 e. The molecule has 15 heteroatoms. The van der Waals surface area contributed by atoms with Gasteiger partial charge < -0.3 is 25.4 Å². The molecule has 0 spiro atoms. The lowest BCUT2D eigenvalue weighted by atomic mass is 10.1. The zero-order chi connectivity index (χ0) is 33.1. The smallest absolute Gasteiger partial charge is 0.389 e. The van der Waals surface area contributed by atoms with Crippen LogP contribution in [0.2, 0.25) is 0 Å². The lowest BCUT2D eigenvalue weighted by Crippen LogP contribution is -2.54. The van der Waals surface area contributed by atoms with E-state index in [9.17, 15) is 23.5 Å². The number of pyridine rings is 1. The minimum Gasteiger partial charge on any atom is -0.506 e. The van der Waals surface area contributed by atoms with Crippen LogP contribution in [0.5, 0.6) is 11.8 Å². The first kappa shape index (κ1) is 30.4. The summed E-state index contributed by atoms with van der Waals surface area (Å²) in [7, 11) is 0. The zero-order valence-electron chi connectivity index (χ0n) is 25.4. The van der Waals surface area contributed by atoms with Crippen LogP contribution in [-0.2, 0) is 4.79 Å². The molecular formula is C32H31F3N8O4. The fraction of sp³-hybridized carbons (Fsp3) is 0.375. The molecule has 1 aromatic carbocycles. The second kappa shape index (κ2) is 11.5. The van der Waals surface area contributed by atoms with Crippen molar-refractivity contribution in [3.63, 3.8) is 0 Å². The number of fused-ring (bicyclic) bond motifs is 1. The Labute approximate surface area is 266 Å². The molecule has 2 aliphatic carbocycles. The van der Waals surface area contributed by atoms with Gasteiger partial charge in [0.1, 0.15) is 23.1 Å². The number of alkyl halides is 2. The van der Waals surface area contributed by atoms with Gasteiger partial charge in [-0.15, -0.1) is 0 Å². The van der Waals surface area contributed by atoms with E-state index >= 15 is 4.39 Å². The number of hydrogen-bond acceptors (Lipinski definition) is 10. The molecule has 1 atom stereocenters. The Morgan fingerprint density at radius 1 is 1.11 bits per heavy atom. The highest BCUT2D eigenvalue weighted by molar-refractivity contribution is 5.94. The fourth-order valence-electron chi connectivity index (χ4n) is 6.23. The molecule has 0 unspecified atom stereocenters. The first-order valence-corrected chi connectivity index (χ1v) is 15.3. The maximum absolute atomic E-state index is 15.2. The topological polar surface area (TPSA) is 153 Å². The summed E-state index contributed by atoms with van der Waals surface area (Å²) in [6, 6.07) is 4.64. The highest BCUT2D eigenvalue weighted by Crippen LogP contribution is 2.49. The number of carbonyl (C=O) groups is 1. The van der Waals surface area contributed by atoms with E-state index in [-0.39, 0.29) is 63.3 Å². The lowest BCUT2D eigenvalue weighted by molar-refractivity contribution is -0.126. The molecule has 3 fully saturated rings. The summed E-state index contributed by atoms with van der Waals surface area (Å²) in [6.45, 7) is 3.23. The normalized spacial score (nSPS) is 18.2. The summed E-state index contributed by atoms with van der Waals surface area (Å²) >= 11 is 0. The van der Waals surface area contributed by atoms with Crippen molar-refractivity contribution in [1.82, 2.24) is 29.4 Å². The Morgan fingerprint density at radius 3 is 2.36 bits per heavy atom. The predicted octanol–water partition coefficient (Wildman–Crippen LogP) is 4.24. The van der Waals surface area contributed by atoms with Crippen molar-refractivity contribution in [3.05, 3.63) is 64.6 Å². The number of rotatable bonds is 8. The van der Waals surface area contributed by atoms with E-state index in [1.54, 1.807) is 4.90 Å². The van der Waals surface area contributed by atoms with E-state index in [1.165, 1.54) is 34.9 Å². The number of benzene rings is 1. The van der Waals surface area contributed by atoms with Gasteiger partial charge in [0.25, 0.3) is 0 Å². The number of anilines is 2. The Balaban J connectivity index is 1.51.